The van der Waals surface area contributed by atoms with E-state index in [-0.39, 0.29) is 0 Å². The monoisotopic (exact) mass is 288 g/mol. The normalized spacial score (nSPS) is 17.9. The maximum atomic E-state index is 5.91. The van der Waals surface area contributed by atoms with Crippen LogP contribution in [0.4, 0.5) is 0 Å². The summed E-state index contributed by atoms with van der Waals surface area (Å²) in [5.74, 6) is 0.737. The quantitative estimate of drug-likeness (QED) is 0.862. The van der Waals surface area contributed by atoms with Crippen molar-refractivity contribution in [1.82, 2.24) is 9.88 Å². The Balaban J connectivity index is 1.64. The predicted octanol–water partition coefficient (Wildman–Crippen LogP) is 3.53. The summed E-state index contributed by atoms with van der Waals surface area (Å²) in [5.41, 5.74) is 3.16. The first-order chi connectivity index (χ1) is 10.1. The van der Waals surface area contributed by atoms with Gasteiger partial charge in [-0.2, -0.15) is 0 Å². The summed E-state index contributed by atoms with van der Waals surface area (Å²) in [5, 5.41) is 0. The Labute approximate surface area is 126 Å². The van der Waals surface area contributed by atoms with Crippen LogP contribution in [-0.2, 0) is 11.3 Å². The first-order valence-electron chi connectivity index (χ1n) is 7.84. The highest BCUT2D eigenvalue weighted by molar-refractivity contribution is 5.76. The summed E-state index contributed by atoms with van der Waals surface area (Å²) >= 11 is 0. The molecule has 1 aromatic carbocycles. The molecule has 3 rings (SSSR count). The van der Waals surface area contributed by atoms with E-state index >= 15 is 0 Å². The molecule has 0 unspecified atom stereocenters. The third-order valence-corrected chi connectivity index (χ3v) is 4.00. The van der Waals surface area contributed by atoms with Crippen LogP contribution in [0.2, 0.25) is 0 Å². The van der Waals surface area contributed by atoms with E-state index in [0.29, 0.717) is 12.2 Å². The number of aromatic nitrogens is 1. The number of fused-ring (bicyclic) bond motifs is 1. The molecule has 0 saturated carbocycles. The van der Waals surface area contributed by atoms with Gasteiger partial charge < -0.3 is 9.15 Å². The van der Waals surface area contributed by atoms with Gasteiger partial charge in [-0.15, -0.1) is 0 Å². The molecule has 4 heteroatoms. The fraction of sp³-hybridized carbons (Fsp3) is 0.588. The molecule has 0 spiro atoms. The number of ether oxygens (including phenoxy) is 1. The number of rotatable bonds is 4. The molecule has 114 valence electrons. The molecule has 1 aliphatic rings. The standard InChI is InChI=1S/C17H24N2O2/c1-12(2)20-15-7-9-19(10-8-15)11-14-5-4-6-16-17(14)18-13(3)21-16/h4-6,12,15H,7-11H2,1-3H3. The van der Waals surface area contributed by atoms with Crippen molar-refractivity contribution in [2.24, 2.45) is 0 Å². The van der Waals surface area contributed by atoms with Gasteiger partial charge >= 0.3 is 0 Å². The molecule has 1 aromatic heterocycles. The Kier molecular flexibility index (Phi) is 4.27. The lowest BCUT2D eigenvalue weighted by atomic mass is 10.1. The number of oxazole rings is 1. The van der Waals surface area contributed by atoms with Crippen LogP contribution in [0.15, 0.2) is 22.6 Å². The lowest BCUT2D eigenvalue weighted by molar-refractivity contribution is -0.0278. The average Bonchev–Trinajstić information content (AvgIpc) is 2.82. The van der Waals surface area contributed by atoms with Crippen molar-refractivity contribution >= 4 is 11.1 Å². The van der Waals surface area contributed by atoms with E-state index in [1.165, 1.54) is 5.56 Å². The van der Waals surface area contributed by atoms with Gasteiger partial charge in [0, 0.05) is 26.6 Å². The van der Waals surface area contributed by atoms with Gasteiger partial charge in [-0.25, -0.2) is 4.98 Å². The van der Waals surface area contributed by atoms with Crippen molar-refractivity contribution < 1.29 is 9.15 Å². The maximum absolute atomic E-state index is 5.91. The zero-order valence-electron chi connectivity index (χ0n) is 13.1. The largest absolute Gasteiger partial charge is 0.441 e. The van der Waals surface area contributed by atoms with Gasteiger partial charge in [-0.1, -0.05) is 12.1 Å². The summed E-state index contributed by atoms with van der Waals surface area (Å²) < 4.78 is 11.5. The van der Waals surface area contributed by atoms with Crippen LogP contribution in [0.25, 0.3) is 11.1 Å². The number of likely N-dealkylation sites (tertiary alicyclic amines) is 1. The van der Waals surface area contributed by atoms with Gasteiger partial charge in [0.15, 0.2) is 11.5 Å². The van der Waals surface area contributed by atoms with E-state index in [4.69, 9.17) is 9.15 Å². The lowest BCUT2D eigenvalue weighted by Crippen LogP contribution is -2.37. The number of benzene rings is 1. The zero-order valence-corrected chi connectivity index (χ0v) is 13.1. The van der Waals surface area contributed by atoms with Crippen molar-refractivity contribution in [3.63, 3.8) is 0 Å². The van der Waals surface area contributed by atoms with Crippen molar-refractivity contribution in [2.75, 3.05) is 13.1 Å². The molecule has 2 heterocycles. The van der Waals surface area contributed by atoms with Crippen LogP contribution in [0.1, 0.15) is 38.1 Å². The molecule has 0 bridgehead atoms. The molecule has 0 atom stereocenters. The second kappa shape index (κ2) is 6.16. The third kappa shape index (κ3) is 3.44. The average molecular weight is 288 g/mol. The van der Waals surface area contributed by atoms with Gasteiger partial charge in [0.2, 0.25) is 0 Å². The Morgan fingerprint density at radius 2 is 2.10 bits per heavy atom. The van der Waals surface area contributed by atoms with E-state index in [2.05, 4.69) is 35.9 Å². The highest BCUT2D eigenvalue weighted by Crippen LogP contribution is 2.23. The fourth-order valence-electron chi connectivity index (χ4n) is 3.07. The summed E-state index contributed by atoms with van der Waals surface area (Å²) in [6.45, 7) is 9.24. The number of hydrogen-bond acceptors (Lipinski definition) is 4. The van der Waals surface area contributed by atoms with E-state index in [0.717, 1.165) is 49.5 Å². The summed E-state index contributed by atoms with van der Waals surface area (Å²) in [6.07, 6.45) is 2.98. The van der Waals surface area contributed by atoms with Gasteiger partial charge in [0.05, 0.1) is 12.2 Å². The topological polar surface area (TPSA) is 38.5 Å². The molecule has 0 amide bonds. The van der Waals surface area contributed by atoms with Gasteiger partial charge in [0.25, 0.3) is 0 Å². The van der Waals surface area contributed by atoms with Crippen molar-refractivity contribution in [3.05, 3.63) is 29.7 Å². The second-order valence-corrected chi connectivity index (χ2v) is 6.16. The van der Waals surface area contributed by atoms with Crippen LogP contribution in [-0.4, -0.2) is 35.2 Å². The number of para-hydroxylation sites is 1. The van der Waals surface area contributed by atoms with Crippen molar-refractivity contribution in [3.8, 4) is 0 Å². The first kappa shape index (κ1) is 14.5. The molecule has 0 N–H and O–H groups in total. The molecular formula is C17H24N2O2. The van der Waals surface area contributed by atoms with Crippen molar-refractivity contribution in [1.29, 1.82) is 0 Å². The highest BCUT2D eigenvalue weighted by atomic mass is 16.5. The molecule has 0 aliphatic carbocycles. The van der Waals surface area contributed by atoms with E-state index in [9.17, 15) is 0 Å². The number of hydrogen-bond donors (Lipinski definition) is 0. The first-order valence-corrected chi connectivity index (χ1v) is 7.84. The van der Waals surface area contributed by atoms with Crippen LogP contribution < -0.4 is 0 Å². The Morgan fingerprint density at radius 1 is 1.33 bits per heavy atom. The molecule has 4 nitrogen and oxygen atoms in total. The molecule has 2 aromatic rings. The minimum atomic E-state index is 0.327. The van der Waals surface area contributed by atoms with E-state index in [1.54, 1.807) is 0 Å². The molecule has 0 radical (unpaired) electrons. The van der Waals surface area contributed by atoms with Crippen LogP contribution in [0.3, 0.4) is 0 Å². The summed E-state index contributed by atoms with van der Waals surface area (Å²) in [7, 11) is 0. The second-order valence-electron chi connectivity index (χ2n) is 6.16. The Morgan fingerprint density at radius 3 is 2.81 bits per heavy atom. The summed E-state index contributed by atoms with van der Waals surface area (Å²) in [4.78, 5) is 7.00. The molecule has 1 fully saturated rings. The smallest absolute Gasteiger partial charge is 0.192 e. The lowest BCUT2D eigenvalue weighted by Gasteiger charge is -2.32. The maximum Gasteiger partial charge on any atom is 0.192 e. The Hall–Kier alpha value is -1.39. The number of aryl methyl sites for hydroxylation is 1. The van der Waals surface area contributed by atoms with Crippen LogP contribution in [0, 0.1) is 6.92 Å². The van der Waals surface area contributed by atoms with Crippen LogP contribution >= 0.6 is 0 Å². The van der Waals surface area contributed by atoms with Gasteiger partial charge in [0.1, 0.15) is 5.52 Å². The summed E-state index contributed by atoms with van der Waals surface area (Å²) in [6, 6.07) is 6.19. The van der Waals surface area contributed by atoms with Crippen molar-refractivity contribution in [2.45, 2.75) is 52.4 Å². The molecule has 1 saturated heterocycles. The van der Waals surface area contributed by atoms with Gasteiger partial charge in [-0.05, 0) is 38.3 Å². The molecular weight excluding hydrogens is 264 g/mol. The predicted molar refractivity (Wildman–Crippen MR) is 83.3 cm³/mol. The fourth-order valence-corrected chi connectivity index (χ4v) is 3.07. The minimum absolute atomic E-state index is 0.327. The van der Waals surface area contributed by atoms with E-state index < -0.39 is 0 Å². The third-order valence-electron chi connectivity index (χ3n) is 4.00. The van der Waals surface area contributed by atoms with E-state index in [1.807, 2.05) is 13.0 Å². The van der Waals surface area contributed by atoms with Crippen LogP contribution in [0.5, 0.6) is 0 Å². The number of piperidine rings is 1. The number of nitrogens with zero attached hydrogens (tertiary/aromatic N) is 2. The zero-order chi connectivity index (χ0) is 14.8. The SMILES string of the molecule is Cc1nc2c(CN3CCC(OC(C)C)CC3)cccc2o1. The highest BCUT2D eigenvalue weighted by Gasteiger charge is 2.21. The molecule has 21 heavy (non-hydrogen) atoms. The Bertz CT molecular complexity index is 598. The minimum Gasteiger partial charge on any atom is -0.441 e. The van der Waals surface area contributed by atoms with Gasteiger partial charge in [-0.3, -0.25) is 4.90 Å². The molecule has 1 aliphatic heterocycles.